The lowest BCUT2D eigenvalue weighted by Crippen LogP contribution is -2.22. The van der Waals surface area contributed by atoms with Gasteiger partial charge in [0.2, 0.25) is 0 Å². The zero-order valence-corrected chi connectivity index (χ0v) is 12.8. The molecule has 0 heterocycles. The lowest BCUT2D eigenvalue weighted by molar-refractivity contribution is 0.314. The Morgan fingerprint density at radius 2 is 1.76 bits per heavy atom. The van der Waals surface area contributed by atoms with Crippen molar-refractivity contribution in [2.75, 3.05) is 14.2 Å². The van der Waals surface area contributed by atoms with Crippen LogP contribution in [0.2, 0.25) is 0 Å². The average molecular weight is 289 g/mol. The van der Waals surface area contributed by atoms with Crippen LogP contribution < -0.4 is 9.47 Å². The summed E-state index contributed by atoms with van der Waals surface area (Å²) in [5.74, 6) is 1.56. The molecule has 1 fully saturated rings. The van der Waals surface area contributed by atoms with Gasteiger partial charge in [-0.3, -0.25) is 0 Å². The van der Waals surface area contributed by atoms with E-state index in [1.807, 2.05) is 6.07 Å². The maximum Gasteiger partial charge on any atom is 0.132 e. The summed E-state index contributed by atoms with van der Waals surface area (Å²) in [4.78, 5) is 0. The molecule has 0 atom stereocenters. The van der Waals surface area contributed by atoms with Crippen LogP contribution in [0.4, 0.5) is 0 Å². The van der Waals surface area contributed by atoms with E-state index in [0.29, 0.717) is 0 Å². The fraction of sp³-hybridized carbons (Fsp3) is 0.588. The van der Waals surface area contributed by atoms with Crippen LogP contribution in [0.25, 0.3) is 0 Å². The molecule has 4 nitrogen and oxygen atoms in total. The van der Waals surface area contributed by atoms with Crippen LogP contribution in [0.1, 0.15) is 56.1 Å². The van der Waals surface area contributed by atoms with Crippen molar-refractivity contribution >= 4 is 5.71 Å². The Balaban J connectivity index is 2.18. The fourth-order valence-electron chi connectivity index (χ4n) is 4.03. The minimum absolute atomic E-state index is 0.0925. The van der Waals surface area contributed by atoms with E-state index in [4.69, 9.17) is 9.47 Å². The van der Waals surface area contributed by atoms with Gasteiger partial charge in [0.1, 0.15) is 11.5 Å². The number of oxime groups is 1. The van der Waals surface area contributed by atoms with Crippen molar-refractivity contribution in [2.24, 2.45) is 5.16 Å². The zero-order valence-electron chi connectivity index (χ0n) is 12.8. The molecule has 2 aliphatic carbocycles. The smallest absolute Gasteiger partial charge is 0.132 e. The summed E-state index contributed by atoms with van der Waals surface area (Å²) in [6, 6.07) is 3.99. The van der Waals surface area contributed by atoms with E-state index in [0.717, 1.165) is 42.0 Å². The van der Waals surface area contributed by atoms with Gasteiger partial charge in [-0.15, -0.1) is 0 Å². The maximum atomic E-state index is 9.44. The van der Waals surface area contributed by atoms with E-state index in [1.165, 1.54) is 31.2 Å². The summed E-state index contributed by atoms with van der Waals surface area (Å²) in [5, 5.41) is 13.0. The molecule has 0 unspecified atom stereocenters. The molecule has 1 saturated carbocycles. The number of fused-ring (bicyclic) bond motifs is 2. The monoisotopic (exact) mass is 289 g/mol. The highest BCUT2D eigenvalue weighted by Gasteiger charge is 2.44. The Kier molecular flexibility index (Phi) is 3.79. The molecule has 1 N–H and O–H groups in total. The molecule has 3 rings (SSSR count). The van der Waals surface area contributed by atoms with Gasteiger partial charge in [-0.2, -0.15) is 0 Å². The van der Waals surface area contributed by atoms with Crippen LogP contribution >= 0.6 is 0 Å². The summed E-state index contributed by atoms with van der Waals surface area (Å²) < 4.78 is 11.0. The van der Waals surface area contributed by atoms with Gasteiger partial charge in [-0.25, -0.2) is 0 Å². The van der Waals surface area contributed by atoms with Gasteiger partial charge in [0.05, 0.1) is 19.9 Å². The minimum atomic E-state index is 0.0925. The molecule has 0 amide bonds. The molecule has 0 saturated heterocycles. The molecule has 0 bridgehead atoms. The van der Waals surface area contributed by atoms with E-state index in [2.05, 4.69) is 11.2 Å². The predicted molar refractivity (Wildman–Crippen MR) is 81.9 cm³/mol. The van der Waals surface area contributed by atoms with E-state index >= 15 is 0 Å². The summed E-state index contributed by atoms with van der Waals surface area (Å²) in [6.07, 6.45) is 8.16. The predicted octanol–water partition coefficient (Wildman–Crippen LogP) is 3.88. The van der Waals surface area contributed by atoms with E-state index in [-0.39, 0.29) is 5.41 Å². The van der Waals surface area contributed by atoms with Crippen molar-refractivity contribution in [3.05, 3.63) is 23.3 Å². The quantitative estimate of drug-likeness (QED) is 0.664. The lowest BCUT2D eigenvalue weighted by atomic mass is 9.75. The number of hydrogen-bond acceptors (Lipinski definition) is 4. The van der Waals surface area contributed by atoms with E-state index in [9.17, 15) is 5.21 Å². The first-order valence-electron chi connectivity index (χ1n) is 7.72. The van der Waals surface area contributed by atoms with Crippen molar-refractivity contribution in [3.8, 4) is 11.5 Å². The summed E-state index contributed by atoms with van der Waals surface area (Å²) in [5.41, 5.74) is 3.07. The third kappa shape index (κ3) is 2.27. The molecule has 1 aromatic rings. The molecule has 1 aromatic carbocycles. The first kappa shape index (κ1) is 14.2. The van der Waals surface area contributed by atoms with Gasteiger partial charge in [-0.05, 0) is 24.5 Å². The fourth-order valence-corrected chi connectivity index (χ4v) is 4.03. The molecule has 114 valence electrons. The SMILES string of the molecule is COc1cc(OC)c2c(c1)C1(CCCCCC1)C/C2=N/O. The second kappa shape index (κ2) is 5.58. The van der Waals surface area contributed by atoms with E-state index in [1.54, 1.807) is 14.2 Å². The van der Waals surface area contributed by atoms with Crippen molar-refractivity contribution in [3.63, 3.8) is 0 Å². The summed E-state index contributed by atoms with van der Waals surface area (Å²) >= 11 is 0. The van der Waals surface area contributed by atoms with Gasteiger partial charge >= 0.3 is 0 Å². The number of rotatable bonds is 2. The molecular weight excluding hydrogens is 266 g/mol. The van der Waals surface area contributed by atoms with Crippen LogP contribution in [-0.4, -0.2) is 25.1 Å². The van der Waals surface area contributed by atoms with Gasteiger partial charge in [0.25, 0.3) is 0 Å². The molecule has 0 aromatic heterocycles. The van der Waals surface area contributed by atoms with Crippen molar-refractivity contribution in [1.29, 1.82) is 0 Å². The zero-order chi connectivity index (χ0) is 14.9. The molecule has 2 aliphatic rings. The van der Waals surface area contributed by atoms with Gasteiger partial charge in [0.15, 0.2) is 0 Å². The summed E-state index contributed by atoms with van der Waals surface area (Å²) in [6.45, 7) is 0. The van der Waals surface area contributed by atoms with Crippen LogP contribution in [0.5, 0.6) is 11.5 Å². The molecular formula is C17H23NO3. The topological polar surface area (TPSA) is 51.0 Å². The second-order valence-corrected chi connectivity index (χ2v) is 6.17. The molecule has 0 aliphatic heterocycles. The van der Waals surface area contributed by atoms with Crippen LogP contribution in [-0.2, 0) is 5.41 Å². The highest BCUT2D eigenvalue weighted by atomic mass is 16.5. The average Bonchev–Trinajstić information content (AvgIpc) is 2.67. The van der Waals surface area contributed by atoms with Crippen LogP contribution in [0, 0.1) is 0 Å². The molecule has 0 radical (unpaired) electrons. The highest BCUT2D eigenvalue weighted by molar-refractivity contribution is 6.08. The normalized spacial score (nSPS) is 22.1. The number of benzene rings is 1. The lowest BCUT2D eigenvalue weighted by Gasteiger charge is -2.29. The van der Waals surface area contributed by atoms with E-state index < -0.39 is 0 Å². The molecule has 21 heavy (non-hydrogen) atoms. The highest BCUT2D eigenvalue weighted by Crippen LogP contribution is 2.51. The Morgan fingerprint density at radius 1 is 1.05 bits per heavy atom. The van der Waals surface area contributed by atoms with Crippen LogP contribution in [0.15, 0.2) is 17.3 Å². The molecule has 1 spiro atoms. The number of hydrogen-bond donors (Lipinski definition) is 1. The van der Waals surface area contributed by atoms with Crippen LogP contribution in [0.3, 0.4) is 0 Å². The first-order chi connectivity index (χ1) is 10.2. The maximum absolute atomic E-state index is 9.44. The largest absolute Gasteiger partial charge is 0.497 e. The third-order valence-electron chi connectivity index (χ3n) is 5.08. The van der Waals surface area contributed by atoms with Crippen molar-refractivity contribution in [2.45, 2.75) is 50.4 Å². The van der Waals surface area contributed by atoms with Crippen molar-refractivity contribution < 1.29 is 14.7 Å². The standard InChI is InChI=1S/C17H23NO3/c1-20-12-9-13-16(15(10-12)21-2)14(18-19)11-17(13)7-5-3-4-6-8-17/h9-10,19H,3-8,11H2,1-2H3/b18-14-. The Hall–Kier alpha value is -1.71. The number of nitrogens with zero attached hydrogens (tertiary/aromatic N) is 1. The summed E-state index contributed by atoms with van der Waals surface area (Å²) in [7, 11) is 3.33. The van der Waals surface area contributed by atoms with Gasteiger partial charge < -0.3 is 14.7 Å². The first-order valence-corrected chi connectivity index (χ1v) is 7.72. The molecule has 4 heteroatoms. The number of methoxy groups -OCH3 is 2. The Morgan fingerprint density at radius 3 is 2.33 bits per heavy atom. The number of ether oxygens (including phenoxy) is 2. The Bertz CT molecular complexity index is 557. The Labute approximate surface area is 125 Å². The van der Waals surface area contributed by atoms with Gasteiger partial charge in [-0.1, -0.05) is 30.8 Å². The minimum Gasteiger partial charge on any atom is -0.497 e. The van der Waals surface area contributed by atoms with Crippen molar-refractivity contribution in [1.82, 2.24) is 0 Å². The van der Waals surface area contributed by atoms with Gasteiger partial charge in [0, 0.05) is 23.5 Å². The second-order valence-electron chi connectivity index (χ2n) is 6.17. The third-order valence-corrected chi connectivity index (χ3v) is 5.08.